The Kier molecular flexibility index (Phi) is 5.38. The summed E-state index contributed by atoms with van der Waals surface area (Å²) in [5, 5.41) is 6.13. The van der Waals surface area contributed by atoms with Gasteiger partial charge in [-0.05, 0) is 60.4 Å². The molecule has 27 heavy (non-hydrogen) atoms. The van der Waals surface area contributed by atoms with Crippen molar-refractivity contribution in [3.63, 3.8) is 0 Å². The zero-order valence-corrected chi connectivity index (χ0v) is 16.9. The number of carbonyl (C=O) groups excluding carboxylic acids is 2. The highest BCUT2D eigenvalue weighted by atomic mass is 32.1. The number of hydrogen-bond acceptors (Lipinski definition) is 3. The molecule has 2 aromatic rings. The fraction of sp³-hybridized carbons (Fsp3) is 0.429. The van der Waals surface area contributed by atoms with Crippen LogP contribution in [0.25, 0.3) is 0 Å². The van der Waals surface area contributed by atoms with E-state index in [0.29, 0.717) is 22.0 Å². The maximum atomic E-state index is 13.1. The Morgan fingerprint density at radius 2 is 1.81 bits per heavy atom. The molecule has 3 rings (SSSR count). The molecule has 2 amide bonds. The molecule has 0 saturated heterocycles. The fourth-order valence-electron chi connectivity index (χ4n) is 3.55. The van der Waals surface area contributed by atoms with E-state index in [1.165, 1.54) is 40.5 Å². The van der Waals surface area contributed by atoms with Crippen molar-refractivity contribution in [2.75, 3.05) is 12.4 Å². The van der Waals surface area contributed by atoms with Gasteiger partial charge in [0.05, 0.1) is 5.56 Å². The summed E-state index contributed by atoms with van der Waals surface area (Å²) in [6, 6.07) is 5.38. The van der Waals surface area contributed by atoms with E-state index in [0.717, 1.165) is 24.8 Å². The molecule has 0 bridgehead atoms. The molecular weight excluding hydrogens is 363 g/mol. The lowest BCUT2D eigenvalue weighted by molar-refractivity contribution is 0.0962. The highest BCUT2D eigenvalue weighted by Gasteiger charge is 2.33. The molecule has 1 aliphatic rings. The maximum absolute atomic E-state index is 13.1. The third kappa shape index (κ3) is 4.05. The van der Waals surface area contributed by atoms with Crippen LogP contribution in [0, 0.1) is 17.2 Å². The summed E-state index contributed by atoms with van der Waals surface area (Å²) in [4.78, 5) is 26.2. The largest absolute Gasteiger partial charge is 0.355 e. The van der Waals surface area contributed by atoms with Gasteiger partial charge in [-0.1, -0.05) is 20.8 Å². The number of anilines is 1. The van der Waals surface area contributed by atoms with Gasteiger partial charge in [0.2, 0.25) is 0 Å². The normalized spacial score (nSPS) is 16.6. The summed E-state index contributed by atoms with van der Waals surface area (Å²) < 4.78 is 13.1. The Balaban J connectivity index is 1.93. The SMILES string of the molecule is CNC(=O)c1c(NC(=O)c2ccc(F)cc2)sc2c1CCC(C(C)(C)C)C2. The number of nitrogens with one attached hydrogen (secondary N) is 2. The molecule has 144 valence electrons. The van der Waals surface area contributed by atoms with E-state index in [4.69, 9.17) is 0 Å². The van der Waals surface area contributed by atoms with Crippen molar-refractivity contribution in [1.29, 1.82) is 0 Å². The highest BCUT2D eigenvalue weighted by molar-refractivity contribution is 7.17. The number of hydrogen-bond donors (Lipinski definition) is 2. The zero-order chi connectivity index (χ0) is 19.8. The standard InChI is InChI=1S/C21H25FN2O2S/c1-21(2,3)13-7-10-15-16(11-13)27-20(17(15)19(26)23-4)24-18(25)12-5-8-14(22)9-6-12/h5-6,8-9,13H,7,10-11H2,1-4H3,(H,23,26)(H,24,25). The van der Waals surface area contributed by atoms with Gasteiger partial charge in [0.15, 0.2) is 0 Å². The molecule has 1 unspecified atom stereocenters. The summed E-state index contributed by atoms with van der Waals surface area (Å²) in [6.45, 7) is 6.73. The number of halogens is 1. The van der Waals surface area contributed by atoms with Crippen LogP contribution in [0.3, 0.4) is 0 Å². The predicted molar refractivity (Wildman–Crippen MR) is 107 cm³/mol. The minimum Gasteiger partial charge on any atom is -0.355 e. The number of thiophene rings is 1. The number of rotatable bonds is 3. The van der Waals surface area contributed by atoms with Crippen molar-refractivity contribution in [3.05, 3.63) is 51.7 Å². The molecule has 6 heteroatoms. The van der Waals surface area contributed by atoms with Gasteiger partial charge < -0.3 is 10.6 Å². The molecule has 0 saturated carbocycles. The van der Waals surface area contributed by atoms with Crippen molar-refractivity contribution in [2.24, 2.45) is 11.3 Å². The molecule has 0 aliphatic heterocycles. The lowest BCUT2D eigenvalue weighted by atomic mass is 9.72. The van der Waals surface area contributed by atoms with Gasteiger partial charge in [-0.3, -0.25) is 9.59 Å². The van der Waals surface area contributed by atoms with Crippen molar-refractivity contribution < 1.29 is 14.0 Å². The monoisotopic (exact) mass is 388 g/mol. The molecule has 1 aliphatic carbocycles. The van der Waals surface area contributed by atoms with E-state index in [1.807, 2.05) is 0 Å². The van der Waals surface area contributed by atoms with E-state index in [2.05, 4.69) is 31.4 Å². The first-order valence-corrected chi connectivity index (χ1v) is 9.96. The molecular formula is C21H25FN2O2S. The van der Waals surface area contributed by atoms with Crippen LogP contribution >= 0.6 is 11.3 Å². The van der Waals surface area contributed by atoms with Crippen molar-refractivity contribution in [2.45, 2.75) is 40.0 Å². The number of amides is 2. The second kappa shape index (κ2) is 7.43. The minimum atomic E-state index is -0.391. The van der Waals surface area contributed by atoms with Gasteiger partial charge in [-0.15, -0.1) is 11.3 Å². The molecule has 1 aromatic heterocycles. The average molecular weight is 389 g/mol. The van der Waals surface area contributed by atoms with Crippen LogP contribution in [0.1, 0.15) is 58.3 Å². The fourth-order valence-corrected chi connectivity index (χ4v) is 4.87. The Morgan fingerprint density at radius 3 is 2.41 bits per heavy atom. The van der Waals surface area contributed by atoms with Crippen LogP contribution in [0.2, 0.25) is 0 Å². The number of benzene rings is 1. The first-order chi connectivity index (χ1) is 12.7. The minimum absolute atomic E-state index is 0.184. The second-order valence-corrected chi connectivity index (χ2v) is 9.16. The first kappa shape index (κ1) is 19.5. The van der Waals surface area contributed by atoms with Crippen LogP contribution in [0.4, 0.5) is 9.39 Å². The maximum Gasteiger partial charge on any atom is 0.256 e. The summed E-state index contributed by atoms with van der Waals surface area (Å²) in [6.07, 6.45) is 2.78. The van der Waals surface area contributed by atoms with Crippen LogP contribution < -0.4 is 10.6 Å². The average Bonchev–Trinajstić information content (AvgIpc) is 2.97. The van der Waals surface area contributed by atoms with E-state index in [1.54, 1.807) is 7.05 Å². The Bertz CT molecular complexity index is 866. The molecule has 0 spiro atoms. The second-order valence-electron chi connectivity index (χ2n) is 8.05. The zero-order valence-electron chi connectivity index (χ0n) is 16.1. The van der Waals surface area contributed by atoms with E-state index in [-0.39, 0.29) is 17.2 Å². The lowest BCUT2D eigenvalue weighted by Crippen LogP contribution is -2.27. The predicted octanol–water partition coefficient (Wildman–Crippen LogP) is 4.65. The third-order valence-corrected chi connectivity index (χ3v) is 6.45. The molecule has 1 aromatic carbocycles. The smallest absolute Gasteiger partial charge is 0.256 e. The van der Waals surface area contributed by atoms with Gasteiger partial charge in [0, 0.05) is 17.5 Å². The summed E-state index contributed by atoms with van der Waals surface area (Å²) in [5.41, 5.74) is 2.18. The van der Waals surface area contributed by atoms with Crippen LogP contribution in [0.15, 0.2) is 24.3 Å². The molecule has 1 heterocycles. The van der Waals surface area contributed by atoms with Crippen molar-refractivity contribution in [3.8, 4) is 0 Å². The summed E-state index contributed by atoms with van der Waals surface area (Å²) in [7, 11) is 1.60. The number of fused-ring (bicyclic) bond motifs is 1. The van der Waals surface area contributed by atoms with Crippen molar-refractivity contribution in [1.82, 2.24) is 5.32 Å². The van der Waals surface area contributed by atoms with Crippen LogP contribution in [-0.4, -0.2) is 18.9 Å². The van der Waals surface area contributed by atoms with Crippen LogP contribution in [0.5, 0.6) is 0 Å². The highest BCUT2D eigenvalue weighted by Crippen LogP contribution is 2.44. The third-order valence-electron chi connectivity index (χ3n) is 5.28. The number of carbonyl (C=O) groups is 2. The first-order valence-electron chi connectivity index (χ1n) is 9.14. The van der Waals surface area contributed by atoms with Gasteiger partial charge in [0.25, 0.3) is 11.8 Å². The van der Waals surface area contributed by atoms with E-state index < -0.39 is 5.82 Å². The van der Waals surface area contributed by atoms with Gasteiger partial charge in [0.1, 0.15) is 10.8 Å². The van der Waals surface area contributed by atoms with Gasteiger partial charge >= 0.3 is 0 Å². The quantitative estimate of drug-likeness (QED) is 0.804. The van der Waals surface area contributed by atoms with Gasteiger partial charge in [-0.2, -0.15) is 0 Å². The Labute approximate surface area is 163 Å². The molecule has 2 N–H and O–H groups in total. The lowest BCUT2D eigenvalue weighted by Gasteiger charge is -2.33. The Morgan fingerprint density at radius 1 is 1.15 bits per heavy atom. The summed E-state index contributed by atoms with van der Waals surface area (Å²) >= 11 is 1.48. The van der Waals surface area contributed by atoms with Gasteiger partial charge in [-0.25, -0.2) is 4.39 Å². The molecule has 0 fully saturated rings. The van der Waals surface area contributed by atoms with Crippen molar-refractivity contribution >= 4 is 28.2 Å². The Hall–Kier alpha value is -2.21. The topological polar surface area (TPSA) is 58.2 Å². The molecule has 4 nitrogen and oxygen atoms in total. The molecule has 1 atom stereocenters. The summed E-state index contributed by atoms with van der Waals surface area (Å²) in [5.74, 6) is -0.374. The van der Waals surface area contributed by atoms with E-state index >= 15 is 0 Å². The van der Waals surface area contributed by atoms with E-state index in [9.17, 15) is 14.0 Å². The molecule has 0 radical (unpaired) electrons. The van der Waals surface area contributed by atoms with Crippen LogP contribution in [-0.2, 0) is 12.8 Å².